The van der Waals surface area contributed by atoms with Gasteiger partial charge in [-0.25, -0.2) is 0 Å². The fraction of sp³-hybridized carbons (Fsp3) is 0.273. The van der Waals surface area contributed by atoms with Crippen molar-refractivity contribution in [3.63, 3.8) is 0 Å². The van der Waals surface area contributed by atoms with Crippen molar-refractivity contribution in [3.8, 4) is 17.1 Å². The van der Waals surface area contributed by atoms with Crippen LogP contribution in [-0.4, -0.2) is 13.2 Å². The van der Waals surface area contributed by atoms with Crippen molar-refractivity contribution < 1.29 is 9.15 Å². The zero-order valence-electron chi connectivity index (χ0n) is 15.6. The molecule has 27 heavy (non-hydrogen) atoms. The van der Waals surface area contributed by atoms with Crippen LogP contribution in [0.4, 0.5) is 0 Å². The highest BCUT2D eigenvalue weighted by Gasteiger charge is 2.09. The lowest BCUT2D eigenvalue weighted by Crippen LogP contribution is -2.25. The molecule has 3 rings (SSSR count). The van der Waals surface area contributed by atoms with E-state index < -0.39 is 0 Å². The summed E-state index contributed by atoms with van der Waals surface area (Å²) in [4.78, 5) is 0. The van der Waals surface area contributed by atoms with Gasteiger partial charge in [0.15, 0.2) is 0 Å². The lowest BCUT2D eigenvalue weighted by Gasteiger charge is -2.12. The molecule has 1 atom stereocenters. The minimum Gasteiger partial charge on any atom is -0.495 e. The Bertz CT molecular complexity index is 833. The van der Waals surface area contributed by atoms with Crippen LogP contribution >= 0.6 is 24.0 Å². The Kier molecular flexibility index (Phi) is 8.23. The third-order valence-corrected chi connectivity index (χ3v) is 4.73. The number of nitrogens with one attached hydrogen (secondary N) is 1. The number of rotatable bonds is 8. The van der Waals surface area contributed by atoms with E-state index in [-0.39, 0.29) is 12.4 Å². The average molecular weight is 406 g/mol. The summed E-state index contributed by atoms with van der Waals surface area (Å²) in [5.74, 6) is 2.39. The molecule has 0 aliphatic carbocycles. The fourth-order valence-electron chi connectivity index (χ4n) is 2.85. The summed E-state index contributed by atoms with van der Waals surface area (Å²) in [6.45, 7) is 2.91. The van der Waals surface area contributed by atoms with Gasteiger partial charge in [-0.05, 0) is 55.7 Å². The monoisotopic (exact) mass is 405 g/mol. The normalized spacial score (nSPS) is 11.7. The minimum atomic E-state index is 0. The number of aryl methyl sites for hydroxylation is 1. The van der Waals surface area contributed by atoms with E-state index in [0.717, 1.165) is 29.9 Å². The van der Waals surface area contributed by atoms with Gasteiger partial charge in [-0.15, -0.1) is 12.4 Å². The molecule has 3 nitrogen and oxygen atoms in total. The highest BCUT2D eigenvalue weighted by Crippen LogP contribution is 2.31. The van der Waals surface area contributed by atoms with E-state index >= 15 is 0 Å². The molecule has 3 aromatic rings. The number of halogens is 2. The van der Waals surface area contributed by atoms with Crippen molar-refractivity contribution in [2.45, 2.75) is 32.4 Å². The number of hydrogen-bond donors (Lipinski definition) is 1. The molecule has 0 saturated heterocycles. The van der Waals surface area contributed by atoms with Gasteiger partial charge in [0.25, 0.3) is 0 Å². The van der Waals surface area contributed by atoms with Crippen molar-refractivity contribution in [1.82, 2.24) is 5.32 Å². The maximum Gasteiger partial charge on any atom is 0.137 e. The van der Waals surface area contributed by atoms with E-state index in [1.54, 1.807) is 7.11 Å². The Morgan fingerprint density at radius 2 is 1.85 bits per heavy atom. The Morgan fingerprint density at radius 3 is 2.56 bits per heavy atom. The zero-order valence-corrected chi connectivity index (χ0v) is 17.1. The van der Waals surface area contributed by atoms with Gasteiger partial charge in [-0.3, -0.25) is 0 Å². The van der Waals surface area contributed by atoms with Crippen LogP contribution in [0, 0.1) is 0 Å². The van der Waals surface area contributed by atoms with Crippen LogP contribution in [0.1, 0.15) is 24.7 Å². The van der Waals surface area contributed by atoms with Gasteiger partial charge in [0.05, 0.1) is 18.7 Å². The second-order valence-corrected chi connectivity index (χ2v) is 6.83. The van der Waals surface area contributed by atoms with Crippen molar-refractivity contribution in [3.05, 3.63) is 77.0 Å². The van der Waals surface area contributed by atoms with E-state index in [4.69, 9.17) is 20.8 Å². The molecule has 2 aromatic carbocycles. The smallest absolute Gasteiger partial charge is 0.137 e. The van der Waals surface area contributed by atoms with E-state index in [0.29, 0.717) is 23.4 Å². The van der Waals surface area contributed by atoms with Gasteiger partial charge in [-0.1, -0.05) is 41.9 Å². The quantitative estimate of drug-likeness (QED) is 0.488. The maximum atomic E-state index is 6.20. The molecule has 1 aromatic heterocycles. The molecule has 0 radical (unpaired) electrons. The van der Waals surface area contributed by atoms with Crippen LogP contribution in [0.5, 0.6) is 5.75 Å². The Hall–Kier alpha value is -1.94. The highest BCUT2D eigenvalue weighted by molar-refractivity contribution is 6.32. The van der Waals surface area contributed by atoms with Gasteiger partial charge in [0.2, 0.25) is 0 Å². The maximum absolute atomic E-state index is 6.20. The molecule has 0 saturated carbocycles. The van der Waals surface area contributed by atoms with Crippen LogP contribution < -0.4 is 10.1 Å². The Morgan fingerprint density at radius 1 is 1.07 bits per heavy atom. The lowest BCUT2D eigenvalue weighted by atomic mass is 10.1. The molecular weight excluding hydrogens is 381 g/mol. The molecule has 0 bridgehead atoms. The van der Waals surface area contributed by atoms with E-state index in [1.807, 2.05) is 30.3 Å². The molecule has 5 heteroatoms. The number of furan rings is 1. The molecule has 0 spiro atoms. The van der Waals surface area contributed by atoms with Crippen LogP contribution in [0.2, 0.25) is 5.02 Å². The van der Waals surface area contributed by atoms with Crippen LogP contribution in [0.3, 0.4) is 0 Å². The van der Waals surface area contributed by atoms with Crippen molar-refractivity contribution in [2.24, 2.45) is 0 Å². The van der Waals surface area contributed by atoms with E-state index in [9.17, 15) is 0 Å². The molecule has 0 aliphatic heterocycles. The molecule has 1 heterocycles. The molecule has 0 aliphatic rings. The summed E-state index contributed by atoms with van der Waals surface area (Å²) in [7, 11) is 1.61. The summed E-state index contributed by atoms with van der Waals surface area (Å²) in [5, 5.41) is 4.10. The van der Waals surface area contributed by atoms with E-state index in [2.05, 4.69) is 42.6 Å². The van der Waals surface area contributed by atoms with E-state index in [1.165, 1.54) is 5.56 Å². The second-order valence-electron chi connectivity index (χ2n) is 6.42. The van der Waals surface area contributed by atoms with Crippen LogP contribution in [0.15, 0.2) is 65.1 Å². The van der Waals surface area contributed by atoms with Gasteiger partial charge in [0.1, 0.15) is 17.3 Å². The van der Waals surface area contributed by atoms with Crippen LogP contribution in [0.25, 0.3) is 11.3 Å². The molecule has 1 unspecified atom stereocenters. The highest BCUT2D eigenvalue weighted by atomic mass is 35.5. The van der Waals surface area contributed by atoms with Crippen molar-refractivity contribution >= 4 is 24.0 Å². The number of ether oxygens (including phenoxy) is 1. The van der Waals surface area contributed by atoms with Crippen molar-refractivity contribution in [2.75, 3.05) is 7.11 Å². The zero-order chi connectivity index (χ0) is 18.4. The fourth-order valence-corrected chi connectivity index (χ4v) is 3.11. The van der Waals surface area contributed by atoms with Gasteiger partial charge in [0, 0.05) is 11.6 Å². The standard InChI is InChI=1S/C22H24ClNO2.ClH/c1-16(8-9-17-6-4-3-5-7-17)24-15-19-11-13-21(26-19)18-10-12-22(25-2)20(23)14-18;/h3-7,10-14,16,24H,8-9,15H2,1-2H3;1H. The summed E-state index contributed by atoms with van der Waals surface area (Å²) < 4.78 is 11.1. The van der Waals surface area contributed by atoms with Crippen LogP contribution in [-0.2, 0) is 13.0 Å². The first-order valence-electron chi connectivity index (χ1n) is 8.85. The first-order chi connectivity index (χ1) is 12.7. The third-order valence-electron chi connectivity index (χ3n) is 4.43. The topological polar surface area (TPSA) is 34.4 Å². The average Bonchev–Trinajstić information content (AvgIpc) is 3.14. The summed E-state index contributed by atoms with van der Waals surface area (Å²) >= 11 is 6.20. The van der Waals surface area contributed by atoms with Gasteiger partial charge in [-0.2, -0.15) is 0 Å². The first-order valence-corrected chi connectivity index (χ1v) is 9.23. The SMILES string of the molecule is COc1ccc(-c2ccc(CNC(C)CCc3ccccc3)o2)cc1Cl.Cl. The summed E-state index contributed by atoms with van der Waals surface area (Å²) in [6.07, 6.45) is 2.16. The number of methoxy groups -OCH3 is 1. The number of hydrogen-bond acceptors (Lipinski definition) is 3. The van der Waals surface area contributed by atoms with Gasteiger partial charge >= 0.3 is 0 Å². The molecule has 0 amide bonds. The van der Waals surface area contributed by atoms with Gasteiger partial charge < -0.3 is 14.5 Å². The molecule has 1 N–H and O–H groups in total. The predicted molar refractivity (Wildman–Crippen MR) is 114 cm³/mol. The Balaban J connectivity index is 0.00000261. The van der Waals surface area contributed by atoms with Crippen molar-refractivity contribution in [1.29, 1.82) is 0 Å². The Labute approximate surface area is 172 Å². The second kappa shape index (κ2) is 10.4. The lowest BCUT2D eigenvalue weighted by molar-refractivity contribution is 0.415. The summed E-state index contributed by atoms with van der Waals surface area (Å²) in [6, 6.07) is 20.6. The minimum absolute atomic E-state index is 0. The number of benzene rings is 2. The molecular formula is C22H25Cl2NO2. The summed E-state index contributed by atoms with van der Waals surface area (Å²) in [5.41, 5.74) is 2.32. The first kappa shape index (κ1) is 21.4. The molecule has 0 fully saturated rings. The third kappa shape index (κ3) is 6.03. The largest absolute Gasteiger partial charge is 0.495 e. The predicted octanol–water partition coefficient (Wildman–Crippen LogP) is 6.14. The molecule has 144 valence electrons.